The van der Waals surface area contributed by atoms with E-state index in [4.69, 9.17) is 10.8 Å². The zero-order valence-corrected chi connectivity index (χ0v) is 14.6. The number of carbonyl (C=O) groups excluding carboxylic acids is 2. The zero-order valence-electron chi connectivity index (χ0n) is 14.6. The fourth-order valence-electron chi connectivity index (χ4n) is 3.04. The number of hydrogen-bond acceptors (Lipinski definition) is 5. The van der Waals surface area contributed by atoms with Gasteiger partial charge in [-0.3, -0.25) is 14.4 Å². The Morgan fingerprint density at radius 3 is 2.81 bits per heavy atom. The van der Waals surface area contributed by atoms with Crippen molar-refractivity contribution >= 4 is 23.6 Å². The van der Waals surface area contributed by atoms with Crippen LogP contribution >= 0.6 is 0 Å². The van der Waals surface area contributed by atoms with Gasteiger partial charge < -0.3 is 21.1 Å². The van der Waals surface area contributed by atoms with E-state index in [1.165, 1.54) is 4.90 Å². The van der Waals surface area contributed by atoms with Gasteiger partial charge in [-0.25, -0.2) is 4.98 Å². The highest BCUT2D eigenvalue weighted by Gasteiger charge is 2.26. The van der Waals surface area contributed by atoms with Crippen LogP contribution in [0.3, 0.4) is 0 Å². The normalized spacial score (nSPS) is 13.2. The van der Waals surface area contributed by atoms with E-state index in [1.54, 1.807) is 24.3 Å². The van der Waals surface area contributed by atoms with Gasteiger partial charge in [0.05, 0.1) is 0 Å². The Labute approximate surface area is 156 Å². The van der Waals surface area contributed by atoms with Crippen LogP contribution in [-0.4, -0.2) is 52.4 Å². The van der Waals surface area contributed by atoms with Gasteiger partial charge in [-0.2, -0.15) is 0 Å². The molecule has 0 saturated heterocycles. The fraction of sp³-hybridized carbons (Fsp3) is 0.263. The van der Waals surface area contributed by atoms with Crippen LogP contribution in [0.15, 0.2) is 36.4 Å². The van der Waals surface area contributed by atoms with Crippen LogP contribution in [0.2, 0.25) is 0 Å². The van der Waals surface area contributed by atoms with Crippen molar-refractivity contribution in [2.24, 2.45) is 0 Å². The van der Waals surface area contributed by atoms with Gasteiger partial charge in [0.25, 0.3) is 11.8 Å². The minimum absolute atomic E-state index is 0.234. The summed E-state index contributed by atoms with van der Waals surface area (Å²) in [6, 6.07) is 10.2. The van der Waals surface area contributed by atoms with E-state index in [0.717, 1.165) is 11.3 Å². The molecule has 1 aromatic heterocycles. The van der Waals surface area contributed by atoms with Gasteiger partial charge in [-0.1, -0.05) is 6.07 Å². The molecule has 2 aromatic rings. The average Bonchev–Trinajstić information content (AvgIpc) is 2.63. The maximum atomic E-state index is 12.3. The number of fused-ring (bicyclic) bond motifs is 1. The molecule has 0 radical (unpaired) electrons. The van der Waals surface area contributed by atoms with Crippen LogP contribution in [0.1, 0.15) is 32.0 Å². The molecule has 0 atom stereocenters. The van der Waals surface area contributed by atoms with E-state index in [0.29, 0.717) is 42.9 Å². The largest absolute Gasteiger partial charge is 0.480 e. The van der Waals surface area contributed by atoms with E-state index in [2.05, 4.69) is 10.3 Å². The lowest BCUT2D eigenvalue weighted by molar-refractivity contribution is -0.137. The zero-order chi connectivity index (χ0) is 19.4. The topological polar surface area (TPSA) is 126 Å². The lowest BCUT2D eigenvalue weighted by Crippen LogP contribution is -2.41. The highest BCUT2D eigenvalue weighted by Crippen LogP contribution is 2.20. The summed E-state index contributed by atoms with van der Waals surface area (Å²) in [5.74, 6) is -1.16. The van der Waals surface area contributed by atoms with Crippen molar-refractivity contribution in [1.82, 2.24) is 15.2 Å². The van der Waals surface area contributed by atoms with Crippen LogP contribution in [0.25, 0.3) is 0 Å². The van der Waals surface area contributed by atoms with E-state index in [-0.39, 0.29) is 18.4 Å². The Morgan fingerprint density at radius 2 is 2.07 bits per heavy atom. The van der Waals surface area contributed by atoms with Crippen LogP contribution < -0.4 is 11.1 Å². The number of pyridine rings is 1. The van der Waals surface area contributed by atoms with Crippen molar-refractivity contribution in [3.63, 3.8) is 0 Å². The number of rotatable bonds is 6. The van der Waals surface area contributed by atoms with Gasteiger partial charge in [0, 0.05) is 36.3 Å². The van der Waals surface area contributed by atoms with E-state index >= 15 is 0 Å². The number of amides is 2. The van der Waals surface area contributed by atoms with Gasteiger partial charge in [0.2, 0.25) is 0 Å². The lowest BCUT2D eigenvalue weighted by Gasteiger charge is -2.27. The molecule has 27 heavy (non-hydrogen) atoms. The number of aromatic nitrogens is 1. The second kappa shape index (κ2) is 7.86. The number of anilines is 1. The van der Waals surface area contributed by atoms with Gasteiger partial charge in [0.1, 0.15) is 12.4 Å². The van der Waals surface area contributed by atoms with Gasteiger partial charge in [-0.05, 0) is 42.3 Å². The molecule has 4 N–H and O–H groups in total. The monoisotopic (exact) mass is 368 g/mol. The third-order valence-corrected chi connectivity index (χ3v) is 4.36. The summed E-state index contributed by atoms with van der Waals surface area (Å²) in [5, 5.41) is 11.7. The second-order valence-corrected chi connectivity index (χ2v) is 6.30. The van der Waals surface area contributed by atoms with E-state index in [1.807, 2.05) is 12.1 Å². The number of nitrogens with two attached hydrogens (primary N) is 1. The molecule has 1 aliphatic rings. The van der Waals surface area contributed by atoms with Crippen LogP contribution in [-0.2, 0) is 17.6 Å². The molecule has 140 valence electrons. The minimum Gasteiger partial charge on any atom is -0.480 e. The van der Waals surface area contributed by atoms with Gasteiger partial charge >= 0.3 is 5.97 Å². The van der Waals surface area contributed by atoms with Crippen LogP contribution in [0, 0.1) is 0 Å². The summed E-state index contributed by atoms with van der Waals surface area (Å²) in [4.78, 5) is 41.0. The van der Waals surface area contributed by atoms with Crippen LogP contribution in [0.5, 0.6) is 0 Å². The molecule has 3 rings (SSSR count). The SMILES string of the molecule is Nc1cccc(CCNC(=O)c2ccc3c(c2)CCN(CC(=O)O)C3=O)n1. The molecule has 2 heterocycles. The molecule has 8 heteroatoms. The highest BCUT2D eigenvalue weighted by atomic mass is 16.4. The smallest absolute Gasteiger partial charge is 0.323 e. The standard InChI is InChI=1S/C19H20N4O4/c20-16-3-1-2-14(22-16)6-8-21-18(26)13-4-5-15-12(10-13)7-9-23(19(15)27)11-17(24)25/h1-5,10H,6-9,11H2,(H2,20,22)(H,21,26)(H,24,25). The summed E-state index contributed by atoms with van der Waals surface area (Å²) in [6.45, 7) is 0.417. The number of benzene rings is 1. The first-order valence-corrected chi connectivity index (χ1v) is 8.57. The maximum absolute atomic E-state index is 12.3. The molecular formula is C19H20N4O4. The van der Waals surface area contributed by atoms with Crippen molar-refractivity contribution in [2.75, 3.05) is 25.4 Å². The Bertz CT molecular complexity index is 897. The summed E-state index contributed by atoms with van der Waals surface area (Å²) < 4.78 is 0. The number of nitrogens with one attached hydrogen (secondary N) is 1. The minimum atomic E-state index is -1.04. The molecule has 0 aliphatic carbocycles. The number of nitrogen functional groups attached to an aromatic ring is 1. The quantitative estimate of drug-likeness (QED) is 0.690. The predicted molar refractivity (Wildman–Crippen MR) is 98.4 cm³/mol. The van der Waals surface area contributed by atoms with Gasteiger partial charge in [-0.15, -0.1) is 0 Å². The van der Waals surface area contributed by atoms with Crippen molar-refractivity contribution in [3.8, 4) is 0 Å². The lowest BCUT2D eigenvalue weighted by atomic mass is 9.96. The predicted octanol–water partition coefficient (Wildman–Crippen LogP) is 0.719. The third kappa shape index (κ3) is 4.41. The number of hydrogen-bond donors (Lipinski definition) is 3. The molecule has 0 bridgehead atoms. The molecule has 8 nitrogen and oxygen atoms in total. The average molecular weight is 368 g/mol. The third-order valence-electron chi connectivity index (χ3n) is 4.36. The Balaban J connectivity index is 1.62. The Morgan fingerprint density at radius 1 is 1.26 bits per heavy atom. The van der Waals surface area contributed by atoms with Crippen molar-refractivity contribution in [1.29, 1.82) is 0 Å². The maximum Gasteiger partial charge on any atom is 0.323 e. The number of carboxylic acids is 1. The summed E-state index contributed by atoms with van der Waals surface area (Å²) in [7, 11) is 0. The molecule has 2 amide bonds. The first-order chi connectivity index (χ1) is 12.9. The molecule has 0 unspecified atom stereocenters. The molecule has 1 aliphatic heterocycles. The van der Waals surface area contributed by atoms with Crippen molar-refractivity contribution in [2.45, 2.75) is 12.8 Å². The summed E-state index contributed by atoms with van der Waals surface area (Å²) >= 11 is 0. The Hall–Kier alpha value is -3.42. The fourth-order valence-corrected chi connectivity index (χ4v) is 3.04. The summed E-state index contributed by atoms with van der Waals surface area (Å²) in [5.41, 5.74) is 8.10. The van der Waals surface area contributed by atoms with Crippen molar-refractivity contribution < 1.29 is 19.5 Å². The van der Waals surface area contributed by atoms with Crippen LogP contribution in [0.4, 0.5) is 5.82 Å². The molecule has 0 spiro atoms. The molecule has 0 fully saturated rings. The number of nitrogens with zero attached hydrogens (tertiary/aromatic N) is 2. The van der Waals surface area contributed by atoms with E-state index < -0.39 is 5.97 Å². The first-order valence-electron chi connectivity index (χ1n) is 8.57. The summed E-state index contributed by atoms with van der Waals surface area (Å²) in [6.07, 6.45) is 1.08. The molecule has 1 aromatic carbocycles. The molecular weight excluding hydrogens is 348 g/mol. The van der Waals surface area contributed by atoms with E-state index in [9.17, 15) is 14.4 Å². The highest BCUT2D eigenvalue weighted by molar-refractivity contribution is 6.00. The number of carboxylic acid groups (broad SMARTS) is 1. The Kier molecular flexibility index (Phi) is 5.35. The van der Waals surface area contributed by atoms with Gasteiger partial charge in [0.15, 0.2) is 0 Å². The molecule has 0 saturated carbocycles. The second-order valence-electron chi connectivity index (χ2n) is 6.30. The first kappa shape index (κ1) is 18.4. The van der Waals surface area contributed by atoms with Crippen molar-refractivity contribution in [3.05, 3.63) is 58.8 Å². The number of aliphatic carboxylic acids is 1. The number of carbonyl (C=O) groups is 3.